The van der Waals surface area contributed by atoms with Gasteiger partial charge in [-0.25, -0.2) is 0 Å². The first-order valence-electron chi connectivity index (χ1n) is 6.59. The molecule has 1 atom stereocenters. The lowest BCUT2D eigenvalue weighted by atomic mass is 9.88. The van der Waals surface area contributed by atoms with Gasteiger partial charge in [0.1, 0.15) is 0 Å². The fraction of sp³-hybridized carbons (Fsp3) is 0.438. The topological polar surface area (TPSA) is 31.2 Å². The van der Waals surface area contributed by atoms with E-state index in [1.165, 1.54) is 23.7 Å². The van der Waals surface area contributed by atoms with E-state index >= 15 is 0 Å². The largest absolute Gasteiger partial charge is 0.469 e. The average molecular weight is 259 g/mol. The molecule has 0 aliphatic rings. The van der Waals surface area contributed by atoms with Crippen LogP contribution in [0.25, 0.3) is 10.9 Å². The van der Waals surface area contributed by atoms with Gasteiger partial charge in [0.05, 0.1) is 13.0 Å². The van der Waals surface area contributed by atoms with Crippen molar-refractivity contribution in [3.63, 3.8) is 0 Å². The van der Waals surface area contributed by atoms with Crippen LogP contribution in [0.1, 0.15) is 31.0 Å². The first-order valence-corrected chi connectivity index (χ1v) is 6.59. The summed E-state index contributed by atoms with van der Waals surface area (Å²) < 4.78 is 7.08. The van der Waals surface area contributed by atoms with Gasteiger partial charge in [-0.05, 0) is 36.6 Å². The summed E-state index contributed by atoms with van der Waals surface area (Å²) in [4.78, 5) is 11.9. The SMILES string of the molecule is COC(=O)C(c1ccc2c(c1)cc(C)n2C)C(C)C. The van der Waals surface area contributed by atoms with Crippen molar-refractivity contribution in [1.82, 2.24) is 4.57 Å². The highest BCUT2D eigenvalue weighted by Crippen LogP contribution is 2.29. The Labute approximate surface area is 114 Å². The highest BCUT2D eigenvalue weighted by Gasteiger charge is 2.25. The van der Waals surface area contributed by atoms with Crippen molar-refractivity contribution in [2.45, 2.75) is 26.7 Å². The highest BCUT2D eigenvalue weighted by atomic mass is 16.5. The Kier molecular flexibility index (Phi) is 3.65. The van der Waals surface area contributed by atoms with Crippen LogP contribution in [0.4, 0.5) is 0 Å². The molecule has 3 heteroatoms. The number of hydrogen-bond donors (Lipinski definition) is 0. The number of fused-ring (bicyclic) bond motifs is 1. The zero-order chi connectivity index (χ0) is 14.2. The van der Waals surface area contributed by atoms with Gasteiger partial charge in [0.15, 0.2) is 0 Å². The van der Waals surface area contributed by atoms with Crippen LogP contribution in [-0.4, -0.2) is 17.6 Å². The monoisotopic (exact) mass is 259 g/mol. The van der Waals surface area contributed by atoms with Gasteiger partial charge >= 0.3 is 5.97 Å². The maximum Gasteiger partial charge on any atom is 0.313 e. The van der Waals surface area contributed by atoms with E-state index in [4.69, 9.17) is 4.74 Å². The molecule has 0 spiro atoms. The van der Waals surface area contributed by atoms with E-state index in [1.54, 1.807) is 0 Å². The van der Waals surface area contributed by atoms with Crippen molar-refractivity contribution in [1.29, 1.82) is 0 Å². The van der Waals surface area contributed by atoms with E-state index in [9.17, 15) is 4.79 Å². The Morgan fingerprint density at radius 1 is 1.26 bits per heavy atom. The summed E-state index contributed by atoms with van der Waals surface area (Å²) >= 11 is 0. The number of rotatable bonds is 3. The molecular weight excluding hydrogens is 238 g/mol. The summed E-state index contributed by atoms with van der Waals surface area (Å²) in [6, 6.07) is 8.36. The third kappa shape index (κ3) is 2.37. The van der Waals surface area contributed by atoms with Crippen molar-refractivity contribution < 1.29 is 9.53 Å². The van der Waals surface area contributed by atoms with Gasteiger partial charge in [0, 0.05) is 23.6 Å². The number of carbonyl (C=O) groups excluding carboxylic acids is 1. The Bertz CT molecular complexity index is 610. The standard InChI is InChI=1S/C16H21NO2/c1-10(2)15(16(18)19-5)12-6-7-14-13(9-12)8-11(3)17(14)4/h6-10,15H,1-5H3. The van der Waals surface area contributed by atoms with Crippen LogP contribution in [0.5, 0.6) is 0 Å². The van der Waals surface area contributed by atoms with Gasteiger partial charge < -0.3 is 9.30 Å². The summed E-state index contributed by atoms with van der Waals surface area (Å²) in [5, 5.41) is 1.17. The Morgan fingerprint density at radius 3 is 2.53 bits per heavy atom. The molecule has 0 bridgehead atoms. The second kappa shape index (κ2) is 5.08. The molecule has 0 saturated heterocycles. The van der Waals surface area contributed by atoms with Gasteiger partial charge in [-0.1, -0.05) is 19.9 Å². The molecule has 1 aromatic carbocycles. The number of carbonyl (C=O) groups is 1. The molecule has 0 N–H and O–H groups in total. The normalized spacial score (nSPS) is 12.9. The third-order valence-corrected chi connectivity index (χ3v) is 3.79. The number of benzene rings is 1. The minimum atomic E-state index is -0.199. The van der Waals surface area contributed by atoms with Crippen molar-refractivity contribution in [3.05, 3.63) is 35.5 Å². The molecule has 0 saturated carbocycles. The summed E-state index contributed by atoms with van der Waals surface area (Å²) in [6.07, 6.45) is 0. The van der Waals surface area contributed by atoms with Crippen molar-refractivity contribution in [2.24, 2.45) is 13.0 Å². The number of hydrogen-bond acceptors (Lipinski definition) is 2. The zero-order valence-electron chi connectivity index (χ0n) is 12.2. The summed E-state index contributed by atoms with van der Waals surface area (Å²) in [6.45, 7) is 6.17. The van der Waals surface area contributed by atoms with E-state index in [0.29, 0.717) is 0 Å². The second-order valence-corrected chi connectivity index (χ2v) is 5.41. The predicted molar refractivity (Wildman–Crippen MR) is 77.3 cm³/mol. The second-order valence-electron chi connectivity index (χ2n) is 5.41. The van der Waals surface area contributed by atoms with Crippen LogP contribution >= 0.6 is 0 Å². The van der Waals surface area contributed by atoms with Crippen LogP contribution in [-0.2, 0) is 16.6 Å². The van der Waals surface area contributed by atoms with E-state index in [0.717, 1.165) is 5.56 Å². The maximum absolute atomic E-state index is 11.9. The molecule has 0 radical (unpaired) electrons. The molecule has 19 heavy (non-hydrogen) atoms. The minimum Gasteiger partial charge on any atom is -0.469 e. The Hall–Kier alpha value is -1.77. The third-order valence-electron chi connectivity index (χ3n) is 3.79. The summed E-state index contributed by atoms with van der Waals surface area (Å²) in [7, 11) is 3.50. The lowest BCUT2D eigenvalue weighted by Crippen LogP contribution is -2.19. The maximum atomic E-state index is 11.9. The van der Waals surface area contributed by atoms with Crippen molar-refractivity contribution >= 4 is 16.9 Å². The molecule has 1 unspecified atom stereocenters. The van der Waals surface area contributed by atoms with Crippen LogP contribution in [0.15, 0.2) is 24.3 Å². The smallest absolute Gasteiger partial charge is 0.313 e. The first-order chi connectivity index (χ1) is 8.95. The van der Waals surface area contributed by atoms with Crippen LogP contribution < -0.4 is 0 Å². The highest BCUT2D eigenvalue weighted by molar-refractivity contribution is 5.85. The minimum absolute atomic E-state index is 0.165. The number of esters is 1. The van der Waals surface area contributed by atoms with Gasteiger partial charge in [0.25, 0.3) is 0 Å². The average Bonchev–Trinajstić information content (AvgIpc) is 2.64. The lowest BCUT2D eigenvalue weighted by Gasteiger charge is -2.18. The number of aryl methyl sites for hydroxylation is 2. The van der Waals surface area contributed by atoms with Gasteiger partial charge in [0.2, 0.25) is 0 Å². The molecular formula is C16H21NO2. The zero-order valence-corrected chi connectivity index (χ0v) is 12.2. The molecule has 0 fully saturated rings. The molecule has 3 nitrogen and oxygen atoms in total. The van der Waals surface area contributed by atoms with Crippen LogP contribution in [0.2, 0.25) is 0 Å². The van der Waals surface area contributed by atoms with Crippen LogP contribution in [0.3, 0.4) is 0 Å². The molecule has 1 heterocycles. The van der Waals surface area contributed by atoms with Crippen LogP contribution in [0, 0.1) is 12.8 Å². The molecule has 1 aromatic heterocycles. The van der Waals surface area contributed by atoms with Crippen molar-refractivity contribution in [2.75, 3.05) is 7.11 Å². The number of methoxy groups -OCH3 is 1. The molecule has 0 amide bonds. The fourth-order valence-corrected chi connectivity index (χ4v) is 2.62. The predicted octanol–water partition coefficient (Wildman–Crippen LogP) is 3.40. The number of ether oxygens (including phenoxy) is 1. The molecule has 0 aliphatic carbocycles. The van der Waals surface area contributed by atoms with Crippen molar-refractivity contribution in [3.8, 4) is 0 Å². The molecule has 102 valence electrons. The van der Waals surface area contributed by atoms with Gasteiger partial charge in [-0.3, -0.25) is 4.79 Å². The Morgan fingerprint density at radius 2 is 1.95 bits per heavy atom. The molecule has 2 aromatic rings. The molecule has 0 aliphatic heterocycles. The Balaban J connectivity index is 2.52. The first kappa shape index (κ1) is 13.7. The number of aromatic nitrogens is 1. The van der Waals surface area contributed by atoms with E-state index in [1.807, 2.05) is 19.9 Å². The van der Waals surface area contributed by atoms with E-state index in [2.05, 4.69) is 36.7 Å². The van der Waals surface area contributed by atoms with E-state index < -0.39 is 0 Å². The molecule has 2 rings (SSSR count). The quantitative estimate of drug-likeness (QED) is 0.791. The van der Waals surface area contributed by atoms with Gasteiger partial charge in [-0.15, -0.1) is 0 Å². The number of nitrogens with zero attached hydrogens (tertiary/aromatic N) is 1. The summed E-state index contributed by atoms with van der Waals surface area (Å²) in [5.74, 6) is -0.147. The lowest BCUT2D eigenvalue weighted by molar-refractivity contribution is -0.143. The van der Waals surface area contributed by atoms with E-state index in [-0.39, 0.29) is 17.8 Å². The fourth-order valence-electron chi connectivity index (χ4n) is 2.62. The summed E-state index contributed by atoms with van der Waals surface area (Å²) in [5.41, 5.74) is 3.43. The van der Waals surface area contributed by atoms with Gasteiger partial charge in [-0.2, -0.15) is 0 Å².